The van der Waals surface area contributed by atoms with E-state index in [2.05, 4.69) is 15.6 Å². The van der Waals surface area contributed by atoms with Gasteiger partial charge in [-0.3, -0.25) is 19.0 Å². The molecule has 2 aromatic heterocycles. The summed E-state index contributed by atoms with van der Waals surface area (Å²) >= 11 is 7.63. The van der Waals surface area contributed by atoms with Crippen LogP contribution in [0, 0.1) is 6.92 Å². The van der Waals surface area contributed by atoms with Crippen molar-refractivity contribution in [3.8, 4) is 11.1 Å². The van der Waals surface area contributed by atoms with Crippen LogP contribution < -0.4 is 16.2 Å². The lowest BCUT2D eigenvalue weighted by Crippen LogP contribution is -2.23. The van der Waals surface area contributed by atoms with Gasteiger partial charge in [0.2, 0.25) is 11.8 Å². The number of anilines is 2. The molecule has 2 heterocycles. The molecule has 2 amide bonds. The Kier molecular flexibility index (Phi) is 6.57. The number of rotatable bonds is 6. The van der Waals surface area contributed by atoms with Gasteiger partial charge in [0.15, 0.2) is 0 Å². The second-order valence-electron chi connectivity index (χ2n) is 7.61. The Morgan fingerprint density at radius 1 is 1.12 bits per heavy atom. The molecule has 4 aromatic rings. The number of fused-ring (bicyclic) bond motifs is 1. The van der Waals surface area contributed by atoms with Crippen LogP contribution in [0.25, 0.3) is 21.3 Å². The van der Waals surface area contributed by atoms with Crippen molar-refractivity contribution in [2.75, 3.05) is 10.6 Å². The molecule has 0 radical (unpaired) electrons. The van der Waals surface area contributed by atoms with Crippen molar-refractivity contribution < 1.29 is 9.59 Å². The lowest BCUT2D eigenvalue weighted by atomic mass is 10.1. The molecule has 7 nitrogen and oxygen atoms in total. The van der Waals surface area contributed by atoms with Crippen molar-refractivity contribution in [3.63, 3.8) is 0 Å². The first kappa shape index (κ1) is 22.7. The van der Waals surface area contributed by atoms with Crippen LogP contribution in [-0.2, 0) is 16.1 Å². The van der Waals surface area contributed by atoms with Crippen LogP contribution in [0.15, 0.2) is 59.0 Å². The molecular weight excluding hydrogens is 460 g/mol. The van der Waals surface area contributed by atoms with Gasteiger partial charge in [-0.15, -0.1) is 11.3 Å². The summed E-state index contributed by atoms with van der Waals surface area (Å²) in [7, 11) is 0. The number of nitrogens with one attached hydrogen (secondary N) is 2. The van der Waals surface area contributed by atoms with Gasteiger partial charge in [-0.25, -0.2) is 4.98 Å². The largest absolute Gasteiger partial charge is 0.326 e. The SMILES string of the molecule is CC(=O)Nc1ccc(NC(=O)CCn2cnc3scc(-c4ccc(C)cc4)c3c2=O)c(Cl)c1. The Bertz CT molecular complexity index is 1410. The predicted octanol–water partition coefficient (Wildman–Crippen LogP) is 5.07. The highest BCUT2D eigenvalue weighted by Crippen LogP contribution is 2.31. The highest BCUT2D eigenvalue weighted by molar-refractivity contribution is 7.17. The number of thiophene rings is 1. The highest BCUT2D eigenvalue weighted by Gasteiger charge is 2.14. The van der Waals surface area contributed by atoms with E-state index in [0.29, 0.717) is 26.6 Å². The van der Waals surface area contributed by atoms with Crippen molar-refractivity contribution in [2.24, 2.45) is 0 Å². The van der Waals surface area contributed by atoms with E-state index in [1.54, 1.807) is 18.2 Å². The van der Waals surface area contributed by atoms with Gasteiger partial charge in [0, 0.05) is 36.5 Å². The highest BCUT2D eigenvalue weighted by atomic mass is 35.5. The molecule has 9 heteroatoms. The molecule has 2 N–H and O–H groups in total. The Labute approximate surface area is 199 Å². The Morgan fingerprint density at radius 2 is 1.88 bits per heavy atom. The molecule has 0 spiro atoms. The number of aryl methyl sites for hydroxylation is 2. The number of aromatic nitrogens is 2. The average Bonchev–Trinajstić information content (AvgIpc) is 3.20. The first-order chi connectivity index (χ1) is 15.8. The lowest BCUT2D eigenvalue weighted by Gasteiger charge is -2.10. The molecule has 33 heavy (non-hydrogen) atoms. The maximum Gasteiger partial charge on any atom is 0.262 e. The van der Waals surface area contributed by atoms with Gasteiger partial charge in [0.25, 0.3) is 5.56 Å². The molecule has 0 bridgehead atoms. The van der Waals surface area contributed by atoms with Crippen molar-refractivity contribution in [2.45, 2.75) is 26.8 Å². The summed E-state index contributed by atoms with van der Waals surface area (Å²) in [6.07, 6.45) is 1.55. The number of hydrogen-bond acceptors (Lipinski definition) is 5. The van der Waals surface area contributed by atoms with Crippen LogP contribution in [0.5, 0.6) is 0 Å². The summed E-state index contributed by atoms with van der Waals surface area (Å²) in [6, 6.07) is 12.8. The van der Waals surface area contributed by atoms with Crippen molar-refractivity contribution >= 4 is 56.3 Å². The quantitative estimate of drug-likeness (QED) is 0.402. The zero-order chi connectivity index (χ0) is 23.5. The normalized spacial score (nSPS) is 10.9. The van der Waals surface area contributed by atoms with Crippen LogP contribution in [0.2, 0.25) is 5.02 Å². The smallest absolute Gasteiger partial charge is 0.262 e. The first-order valence-corrected chi connectivity index (χ1v) is 11.5. The second kappa shape index (κ2) is 9.56. The number of nitrogens with zero attached hydrogens (tertiary/aromatic N) is 2. The van der Waals surface area contributed by atoms with E-state index in [9.17, 15) is 14.4 Å². The van der Waals surface area contributed by atoms with Gasteiger partial charge >= 0.3 is 0 Å². The summed E-state index contributed by atoms with van der Waals surface area (Å²) in [5.74, 6) is -0.504. The van der Waals surface area contributed by atoms with Gasteiger partial charge in [-0.2, -0.15) is 0 Å². The van der Waals surface area contributed by atoms with Crippen LogP contribution in [0.1, 0.15) is 18.9 Å². The van der Waals surface area contributed by atoms with Gasteiger partial charge < -0.3 is 10.6 Å². The van der Waals surface area contributed by atoms with Crippen molar-refractivity contribution in [1.82, 2.24) is 9.55 Å². The first-order valence-electron chi connectivity index (χ1n) is 10.2. The molecule has 168 valence electrons. The molecule has 2 aromatic carbocycles. The summed E-state index contributed by atoms with van der Waals surface area (Å²) < 4.78 is 1.45. The Hall–Kier alpha value is -3.49. The standard InChI is InChI=1S/C24H21ClN4O3S/c1-14-3-5-16(6-4-14)18-12-33-23-22(18)24(32)29(13-26-23)10-9-21(31)28-20-8-7-17(11-19(20)25)27-15(2)30/h3-8,11-13H,9-10H2,1-2H3,(H,27,30)(H,28,31). The minimum atomic E-state index is -0.291. The van der Waals surface area contributed by atoms with Gasteiger partial charge in [0.05, 0.1) is 22.4 Å². The molecule has 0 saturated heterocycles. The molecule has 4 rings (SSSR count). The zero-order valence-electron chi connectivity index (χ0n) is 18.0. The monoisotopic (exact) mass is 480 g/mol. The fourth-order valence-corrected chi connectivity index (χ4v) is 4.54. The topological polar surface area (TPSA) is 93.1 Å². The molecular formula is C24H21ClN4O3S. The third kappa shape index (κ3) is 5.13. The van der Waals surface area contributed by atoms with Gasteiger partial charge in [-0.1, -0.05) is 41.4 Å². The number of amides is 2. The molecule has 0 fully saturated rings. The average molecular weight is 481 g/mol. The van der Waals surface area contributed by atoms with Crippen LogP contribution in [0.3, 0.4) is 0 Å². The zero-order valence-corrected chi connectivity index (χ0v) is 19.6. The van der Waals surface area contributed by atoms with E-state index in [0.717, 1.165) is 16.7 Å². The maximum atomic E-state index is 13.1. The van der Waals surface area contributed by atoms with E-state index < -0.39 is 0 Å². The second-order valence-corrected chi connectivity index (χ2v) is 8.88. The minimum Gasteiger partial charge on any atom is -0.326 e. The fraction of sp³-hybridized carbons (Fsp3) is 0.167. The van der Waals surface area contributed by atoms with E-state index in [1.165, 1.54) is 29.2 Å². The predicted molar refractivity (Wildman–Crippen MR) is 133 cm³/mol. The van der Waals surface area contributed by atoms with Gasteiger partial charge in [0.1, 0.15) is 4.83 Å². The Morgan fingerprint density at radius 3 is 2.58 bits per heavy atom. The van der Waals surface area contributed by atoms with Crippen LogP contribution in [-0.4, -0.2) is 21.4 Å². The third-order valence-corrected chi connectivity index (χ3v) is 6.27. The number of carbonyl (C=O) groups excluding carboxylic acids is 2. The lowest BCUT2D eigenvalue weighted by molar-refractivity contribution is -0.116. The fourth-order valence-electron chi connectivity index (χ4n) is 3.40. The van der Waals surface area contributed by atoms with E-state index >= 15 is 0 Å². The minimum absolute atomic E-state index is 0.0703. The molecule has 0 aliphatic rings. The number of halogens is 1. The van der Waals surface area contributed by atoms with E-state index in [1.807, 2.05) is 36.6 Å². The Balaban J connectivity index is 1.49. The molecule has 0 aliphatic carbocycles. The number of benzene rings is 2. The van der Waals surface area contributed by atoms with Crippen LogP contribution >= 0.6 is 22.9 Å². The van der Waals surface area contributed by atoms with Gasteiger partial charge in [-0.05, 0) is 30.7 Å². The number of carbonyl (C=O) groups is 2. The van der Waals surface area contributed by atoms with E-state index in [4.69, 9.17) is 11.6 Å². The summed E-state index contributed by atoms with van der Waals surface area (Å²) in [6.45, 7) is 3.59. The summed E-state index contributed by atoms with van der Waals surface area (Å²) in [5, 5.41) is 8.17. The third-order valence-electron chi connectivity index (χ3n) is 5.07. The van der Waals surface area contributed by atoms with Crippen LogP contribution in [0.4, 0.5) is 11.4 Å². The van der Waals surface area contributed by atoms with Crippen molar-refractivity contribution in [3.05, 3.63) is 75.1 Å². The number of hydrogen-bond donors (Lipinski definition) is 2. The van der Waals surface area contributed by atoms with E-state index in [-0.39, 0.29) is 30.3 Å². The summed E-state index contributed by atoms with van der Waals surface area (Å²) in [4.78, 5) is 41.9. The molecule has 0 unspecified atom stereocenters. The molecule has 0 atom stereocenters. The molecule has 0 saturated carbocycles. The molecule has 0 aliphatic heterocycles. The maximum absolute atomic E-state index is 13.1. The summed E-state index contributed by atoms with van der Waals surface area (Å²) in [5.41, 5.74) is 3.73. The van der Waals surface area contributed by atoms with Crippen molar-refractivity contribution in [1.29, 1.82) is 0 Å².